The molecule has 1 aromatic carbocycles. The van der Waals surface area contributed by atoms with Crippen LogP contribution in [0.15, 0.2) is 24.4 Å². The van der Waals surface area contributed by atoms with E-state index in [4.69, 9.17) is 5.73 Å². The van der Waals surface area contributed by atoms with Gasteiger partial charge >= 0.3 is 0 Å². The summed E-state index contributed by atoms with van der Waals surface area (Å²) in [7, 11) is 1.97. The molecule has 156 valence electrons. The van der Waals surface area contributed by atoms with Gasteiger partial charge in [-0.2, -0.15) is 0 Å². The first-order valence-corrected chi connectivity index (χ1v) is 9.52. The topological polar surface area (TPSA) is 54.5 Å². The Labute approximate surface area is 177 Å². The molecule has 1 aromatic heterocycles. The molecule has 0 radical (unpaired) electrons. The Hall–Kier alpha value is -1.34. The van der Waals surface area contributed by atoms with Gasteiger partial charge in [0, 0.05) is 63.8 Å². The Morgan fingerprint density at radius 2 is 2.04 bits per heavy atom. The van der Waals surface area contributed by atoms with Crippen LogP contribution in [0.1, 0.15) is 24.8 Å². The van der Waals surface area contributed by atoms with Gasteiger partial charge in [-0.15, -0.1) is 24.8 Å². The fourth-order valence-corrected chi connectivity index (χ4v) is 4.81. The van der Waals surface area contributed by atoms with Gasteiger partial charge in [-0.3, -0.25) is 9.69 Å². The highest BCUT2D eigenvalue weighted by Gasteiger charge is 2.38. The van der Waals surface area contributed by atoms with Crippen LogP contribution in [0, 0.1) is 11.7 Å². The molecule has 5 nitrogen and oxygen atoms in total. The van der Waals surface area contributed by atoms with Crippen LogP contribution in [0.5, 0.6) is 0 Å². The Kier molecular flexibility index (Phi) is 7.73. The molecule has 4 rings (SSSR count). The number of rotatable bonds is 4. The van der Waals surface area contributed by atoms with E-state index in [1.807, 2.05) is 22.6 Å². The Morgan fingerprint density at radius 1 is 1.25 bits per heavy atom. The van der Waals surface area contributed by atoms with Crippen molar-refractivity contribution in [3.8, 4) is 0 Å². The molecule has 3 heterocycles. The van der Waals surface area contributed by atoms with Crippen LogP contribution in [0.3, 0.4) is 0 Å². The third-order valence-electron chi connectivity index (χ3n) is 6.03. The number of aromatic nitrogens is 1. The van der Waals surface area contributed by atoms with E-state index < -0.39 is 0 Å². The van der Waals surface area contributed by atoms with Gasteiger partial charge < -0.3 is 15.2 Å². The van der Waals surface area contributed by atoms with Crippen molar-refractivity contribution in [3.05, 3.63) is 35.8 Å². The highest BCUT2D eigenvalue weighted by molar-refractivity contribution is 5.86. The normalized spacial score (nSPS) is 22.5. The van der Waals surface area contributed by atoms with Crippen LogP contribution >= 0.6 is 24.8 Å². The maximum Gasteiger partial charge on any atom is 0.222 e. The number of piperidine rings is 2. The van der Waals surface area contributed by atoms with E-state index in [2.05, 4.69) is 11.1 Å². The van der Waals surface area contributed by atoms with E-state index in [0.717, 1.165) is 43.4 Å². The molecule has 2 fully saturated rings. The Balaban J connectivity index is 0.00000140. The molecule has 0 spiro atoms. The second kappa shape index (κ2) is 9.44. The van der Waals surface area contributed by atoms with Crippen LogP contribution in [-0.4, -0.2) is 52.5 Å². The fourth-order valence-electron chi connectivity index (χ4n) is 4.81. The largest absolute Gasteiger partial charge is 0.350 e. The summed E-state index contributed by atoms with van der Waals surface area (Å²) >= 11 is 0. The molecule has 2 atom stereocenters. The summed E-state index contributed by atoms with van der Waals surface area (Å²) in [6.45, 7) is 4.07. The van der Waals surface area contributed by atoms with Crippen molar-refractivity contribution < 1.29 is 9.18 Å². The minimum atomic E-state index is -0.196. The number of carbonyl (C=O) groups is 1. The smallest absolute Gasteiger partial charge is 0.222 e. The molecule has 0 bridgehead atoms. The number of benzene rings is 1. The predicted molar refractivity (Wildman–Crippen MR) is 115 cm³/mol. The average Bonchev–Trinajstić information content (AvgIpc) is 2.92. The van der Waals surface area contributed by atoms with E-state index in [0.29, 0.717) is 31.5 Å². The number of hydrogen-bond donors (Lipinski definition) is 1. The number of fused-ring (bicyclic) bond motifs is 2. The van der Waals surface area contributed by atoms with Gasteiger partial charge in [-0.05, 0) is 42.5 Å². The van der Waals surface area contributed by atoms with Gasteiger partial charge in [0.1, 0.15) is 5.82 Å². The molecule has 0 saturated carbocycles. The molecule has 0 unspecified atom stereocenters. The molecule has 28 heavy (non-hydrogen) atoms. The molecular formula is C20H29Cl2FN4O. The highest BCUT2D eigenvalue weighted by Crippen LogP contribution is 2.32. The minimum absolute atomic E-state index is 0. The standard InChI is InChI=1S/C20H27FN4O.2ClH/c1-23-11-15(17-4-3-16(21)10-19(17)23)13-24-8-6-18-14(12-24)2-5-20(26)25(18)9-7-22;;/h3-4,10-11,14,18H,2,5-9,12-13,22H2,1H3;2*1H/t14-,18+;;/m0../s1. The third-order valence-corrected chi connectivity index (χ3v) is 6.03. The molecule has 2 aromatic rings. The third kappa shape index (κ3) is 4.30. The zero-order valence-electron chi connectivity index (χ0n) is 16.1. The lowest BCUT2D eigenvalue weighted by Crippen LogP contribution is -2.56. The molecule has 2 aliphatic heterocycles. The minimum Gasteiger partial charge on any atom is -0.350 e. The van der Waals surface area contributed by atoms with Crippen LogP contribution in [0.25, 0.3) is 10.9 Å². The summed E-state index contributed by atoms with van der Waals surface area (Å²) < 4.78 is 15.5. The number of likely N-dealkylation sites (tertiary alicyclic amines) is 2. The van der Waals surface area contributed by atoms with Crippen molar-refractivity contribution in [1.82, 2.24) is 14.4 Å². The van der Waals surface area contributed by atoms with E-state index in [-0.39, 0.29) is 36.5 Å². The van der Waals surface area contributed by atoms with Crippen LogP contribution in [0.4, 0.5) is 4.39 Å². The zero-order valence-corrected chi connectivity index (χ0v) is 17.8. The van der Waals surface area contributed by atoms with Crippen molar-refractivity contribution >= 4 is 41.6 Å². The lowest BCUT2D eigenvalue weighted by atomic mass is 9.83. The van der Waals surface area contributed by atoms with Crippen molar-refractivity contribution in [2.24, 2.45) is 18.7 Å². The number of nitrogens with two attached hydrogens (primary N) is 1. The quantitative estimate of drug-likeness (QED) is 0.810. The summed E-state index contributed by atoms with van der Waals surface area (Å²) in [6, 6.07) is 5.37. The fraction of sp³-hybridized carbons (Fsp3) is 0.550. The number of halogens is 3. The highest BCUT2D eigenvalue weighted by atomic mass is 35.5. The average molecular weight is 431 g/mol. The Bertz CT molecular complexity index is 828. The van der Waals surface area contributed by atoms with Gasteiger partial charge in [0.15, 0.2) is 0 Å². The van der Waals surface area contributed by atoms with Gasteiger partial charge in [0.25, 0.3) is 0 Å². The van der Waals surface area contributed by atoms with Crippen LogP contribution in [0.2, 0.25) is 0 Å². The van der Waals surface area contributed by atoms with Crippen molar-refractivity contribution in [1.29, 1.82) is 0 Å². The molecule has 8 heteroatoms. The van der Waals surface area contributed by atoms with Gasteiger partial charge in [0.05, 0.1) is 5.52 Å². The SMILES string of the molecule is Cl.Cl.Cn1cc(CN2CC[C@@H]3[C@@H](CCC(=O)N3CCN)C2)c2ccc(F)cc21. The Morgan fingerprint density at radius 3 is 2.79 bits per heavy atom. The number of hydrogen-bond acceptors (Lipinski definition) is 3. The second-order valence-electron chi connectivity index (χ2n) is 7.69. The number of nitrogens with zero attached hydrogens (tertiary/aromatic N) is 3. The first-order chi connectivity index (χ1) is 12.6. The number of carbonyl (C=O) groups excluding carboxylic acids is 1. The summed E-state index contributed by atoms with van der Waals surface area (Å²) in [5, 5.41) is 1.12. The van der Waals surface area contributed by atoms with E-state index in [1.165, 1.54) is 11.6 Å². The molecule has 1 amide bonds. The molecular weight excluding hydrogens is 402 g/mol. The first-order valence-electron chi connectivity index (χ1n) is 9.52. The van der Waals surface area contributed by atoms with Crippen LogP contribution in [-0.2, 0) is 18.4 Å². The first kappa shape index (κ1) is 22.9. The molecule has 2 N–H and O–H groups in total. The second-order valence-corrected chi connectivity index (χ2v) is 7.69. The molecule has 2 aliphatic rings. The number of amides is 1. The maximum absolute atomic E-state index is 13.5. The van der Waals surface area contributed by atoms with E-state index in [9.17, 15) is 9.18 Å². The monoisotopic (exact) mass is 430 g/mol. The summed E-state index contributed by atoms with van der Waals surface area (Å²) in [4.78, 5) is 16.7. The van der Waals surface area contributed by atoms with Crippen molar-refractivity contribution in [2.75, 3.05) is 26.2 Å². The summed E-state index contributed by atoms with van der Waals surface area (Å²) in [6.07, 6.45) is 4.74. The van der Waals surface area contributed by atoms with Crippen molar-refractivity contribution in [2.45, 2.75) is 31.8 Å². The zero-order chi connectivity index (χ0) is 18.3. The van der Waals surface area contributed by atoms with Crippen LogP contribution < -0.4 is 5.73 Å². The molecule has 0 aliphatic carbocycles. The predicted octanol–water partition coefficient (Wildman–Crippen LogP) is 2.93. The molecule has 2 saturated heterocycles. The van der Waals surface area contributed by atoms with E-state index in [1.54, 1.807) is 6.07 Å². The summed E-state index contributed by atoms with van der Waals surface area (Å²) in [5.74, 6) is 0.597. The van der Waals surface area contributed by atoms with Crippen molar-refractivity contribution in [3.63, 3.8) is 0 Å². The van der Waals surface area contributed by atoms with E-state index >= 15 is 0 Å². The number of aryl methyl sites for hydroxylation is 1. The maximum atomic E-state index is 13.5. The van der Waals surface area contributed by atoms with Gasteiger partial charge in [-0.1, -0.05) is 0 Å². The van der Waals surface area contributed by atoms with Gasteiger partial charge in [-0.25, -0.2) is 4.39 Å². The lowest BCUT2D eigenvalue weighted by Gasteiger charge is -2.47. The lowest BCUT2D eigenvalue weighted by molar-refractivity contribution is -0.140. The summed E-state index contributed by atoms with van der Waals surface area (Å²) in [5.41, 5.74) is 7.88. The van der Waals surface area contributed by atoms with Gasteiger partial charge in [0.2, 0.25) is 5.91 Å².